The first kappa shape index (κ1) is 9.56. The molecule has 0 spiro atoms. The zero-order valence-electron chi connectivity index (χ0n) is 6.72. The van der Waals surface area contributed by atoms with Gasteiger partial charge >= 0.3 is 0 Å². The van der Waals surface area contributed by atoms with Gasteiger partial charge in [0.15, 0.2) is 0 Å². The average molecular weight is 202 g/mol. The maximum atomic E-state index is 5.69. The standard InChI is InChI=1S/C9H9Cl2N/c1-7-8(3-2-6-10)4-5-9(11)12-7/h2-5H,6H2,1H3. The van der Waals surface area contributed by atoms with E-state index in [1.165, 1.54) is 0 Å². The summed E-state index contributed by atoms with van der Waals surface area (Å²) < 4.78 is 0. The molecule has 0 aromatic carbocycles. The molecule has 12 heavy (non-hydrogen) atoms. The molecule has 1 nitrogen and oxygen atoms in total. The number of halogens is 2. The summed E-state index contributed by atoms with van der Waals surface area (Å²) >= 11 is 11.2. The predicted molar refractivity (Wildman–Crippen MR) is 53.7 cm³/mol. The molecule has 0 aliphatic heterocycles. The van der Waals surface area contributed by atoms with Gasteiger partial charge in [-0.3, -0.25) is 0 Å². The van der Waals surface area contributed by atoms with E-state index in [0.717, 1.165) is 11.3 Å². The fraction of sp³-hybridized carbons (Fsp3) is 0.222. The fourth-order valence-corrected chi connectivity index (χ4v) is 1.17. The van der Waals surface area contributed by atoms with Crippen molar-refractivity contribution in [3.05, 3.63) is 34.6 Å². The molecular weight excluding hydrogens is 193 g/mol. The van der Waals surface area contributed by atoms with Crippen LogP contribution in [0.2, 0.25) is 5.15 Å². The van der Waals surface area contributed by atoms with Gasteiger partial charge in [0.05, 0.1) is 0 Å². The van der Waals surface area contributed by atoms with Gasteiger partial charge in [-0.2, -0.15) is 0 Å². The molecule has 3 heteroatoms. The highest BCUT2D eigenvalue weighted by Crippen LogP contribution is 2.11. The fourth-order valence-electron chi connectivity index (χ4n) is 0.889. The van der Waals surface area contributed by atoms with Crippen molar-refractivity contribution < 1.29 is 0 Å². The maximum absolute atomic E-state index is 5.69. The minimum Gasteiger partial charge on any atom is -0.241 e. The lowest BCUT2D eigenvalue weighted by Crippen LogP contribution is -1.85. The molecule has 0 atom stereocenters. The molecule has 1 rings (SSSR count). The first-order valence-corrected chi connectivity index (χ1v) is 4.51. The van der Waals surface area contributed by atoms with Crippen molar-refractivity contribution in [3.8, 4) is 0 Å². The number of pyridine rings is 1. The van der Waals surface area contributed by atoms with Crippen LogP contribution in [0.15, 0.2) is 18.2 Å². The van der Waals surface area contributed by atoms with Crippen molar-refractivity contribution in [2.24, 2.45) is 0 Å². The van der Waals surface area contributed by atoms with Crippen molar-refractivity contribution in [2.45, 2.75) is 6.92 Å². The maximum Gasteiger partial charge on any atom is 0.129 e. The Morgan fingerprint density at radius 2 is 2.25 bits per heavy atom. The van der Waals surface area contributed by atoms with Gasteiger partial charge in [0, 0.05) is 11.6 Å². The molecule has 0 amide bonds. The molecular formula is C9H9Cl2N. The van der Waals surface area contributed by atoms with Gasteiger partial charge in [-0.15, -0.1) is 11.6 Å². The third-order valence-electron chi connectivity index (χ3n) is 1.48. The van der Waals surface area contributed by atoms with Gasteiger partial charge in [0.25, 0.3) is 0 Å². The number of hydrogen-bond donors (Lipinski definition) is 0. The lowest BCUT2D eigenvalue weighted by atomic mass is 10.2. The monoisotopic (exact) mass is 201 g/mol. The summed E-state index contributed by atoms with van der Waals surface area (Å²) in [7, 11) is 0. The Bertz CT molecular complexity index is 295. The van der Waals surface area contributed by atoms with E-state index in [4.69, 9.17) is 23.2 Å². The van der Waals surface area contributed by atoms with Crippen LogP contribution < -0.4 is 0 Å². The lowest BCUT2D eigenvalue weighted by Gasteiger charge is -1.98. The minimum atomic E-state index is 0.516. The van der Waals surface area contributed by atoms with Crippen LogP contribution in [-0.4, -0.2) is 10.9 Å². The molecule has 1 aromatic rings. The molecule has 0 saturated carbocycles. The first-order chi connectivity index (χ1) is 5.74. The molecule has 0 saturated heterocycles. The Balaban J connectivity index is 2.94. The minimum absolute atomic E-state index is 0.516. The molecule has 0 aliphatic carbocycles. The van der Waals surface area contributed by atoms with E-state index >= 15 is 0 Å². The number of alkyl halides is 1. The first-order valence-electron chi connectivity index (χ1n) is 3.59. The molecule has 0 N–H and O–H groups in total. The van der Waals surface area contributed by atoms with Crippen LogP contribution in [0.25, 0.3) is 6.08 Å². The molecule has 0 fully saturated rings. The van der Waals surface area contributed by atoms with Gasteiger partial charge in [0.1, 0.15) is 5.15 Å². The Labute approximate surface area is 82.0 Å². The predicted octanol–water partition coefficient (Wildman–Crippen LogP) is 3.30. The molecule has 0 radical (unpaired) electrons. The highest BCUT2D eigenvalue weighted by molar-refractivity contribution is 6.29. The summed E-state index contributed by atoms with van der Waals surface area (Å²) in [5, 5.41) is 0.524. The Kier molecular flexibility index (Phi) is 3.57. The van der Waals surface area contributed by atoms with Crippen LogP contribution in [0.3, 0.4) is 0 Å². The Hall–Kier alpha value is -0.530. The van der Waals surface area contributed by atoms with E-state index in [1.807, 2.05) is 25.1 Å². The number of hydrogen-bond acceptors (Lipinski definition) is 1. The van der Waals surface area contributed by atoms with Gasteiger partial charge < -0.3 is 0 Å². The van der Waals surface area contributed by atoms with Crippen LogP contribution in [0, 0.1) is 6.92 Å². The normalized spacial score (nSPS) is 10.9. The smallest absolute Gasteiger partial charge is 0.129 e. The summed E-state index contributed by atoms with van der Waals surface area (Å²) in [5.74, 6) is 0.516. The van der Waals surface area contributed by atoms with E-state index in [9.17, 15) is 0 Å². The number of nitrogens with zero attached hydrogens (tertiary/aromatic N) is 1. The number of aromatic nitrogens is 1. The van der Waals surface area contributed by atoms with E-state index in [-0.39, 0.29) is 0 Å². The number of aryl methyl sites for hydroxylation is 1. The van der Waals surface area contributed by atoms with E-state index in [2.05, 4.69) is 4.98 Å². The van der Waals surface area contributed by atoms with Crippen LogP contribution in [0.4, 0.5) is 0 Å². The molecule has 0 aliphatic rings. The zero-order chi connectivity index (χ0) is 8.97. The van der Waals surface area contributed by atoms with E-state index in [0.29, 0.717) is 11.0 Å². The molecule has 0 bridgehead atoms. The topological polar surface area (TPSA) is 12.9 Å². The van der Waals surface area contributed by atoms with Gasteiger partial charge in [-0.05, 0) is 18.6 Å². The van der Waals surface area contributed by atoms with Crippen LogP contribution >= 0.6 is 23.2 Å². The Morgan fingerprint density at radius 1 is 1.50 bits per heavy atom. The van der Waals surface area contributed by atoms with Crippen LogP contribution in [0.5, 0.6) is 0 Å². The quantitative estimate of drug-likeness (QED) is 0.529. The zero-order valence-corrected chi connectivity index (χ0v) is 8.23. The van der Waals surface area contributed by atoms with Crippen LogP contribution in [0.1, 0.15) is 11.3 Å². The second-order valence-corrected chi connectivity index (χ2v) is 3.06. The second kappa shape index (κ2) is 4.48. The lowest BCUT2D eigenvalue weighted by molar-refractivity contribution is 1.19. The highest BCUT2D eigenvalue weighted by Gasteiger charge is 1.95. The molecule has 0 unspecified atom stereocenters. The van der Waals surface area contributed by atoms with Crippen molar-refractivity contribution in [1.82, 2.24) is 4.98 Å². The average Bonchev–Trinajstić information content (AvgIpc) is 2.03. The van der Waals surface area contributed by atoms with Gasteiger partial charge in [-0.25, -0.2) is 4.98 Å². The van der Waals surface area contributed by atoms with Gasteiger partial charge in [0.2, 0.25) is 0 Å². The summed E-state index contributed by atoms with van der Waals surface area (Å²) in [6.07, 6.45) is 3.81. The van der Waals surface area contributed by atoms with Crippen molar-refractivity contribution in [2.75, 3.05) is 5.88 Å². The Morgan fingerprint density at radius 3 is 2.83 bits per heavy atom. The van der Waals surface area contributed by atoms with Gasteiger partial charge in [-0.1, -0.05) is 29.8 Å². The third kappa shape index (κ3) is 2.50. The van der Waals surface area contributed by atoms with Crippen molar-refractivity contribution in [1.29, 1.82) is 0 Å². The van der Waals surface area contributed by atoms with Crippen molar-refractivity contribution in [3.63, 3.8) is 0 Å². The number of rotatable bonds is 2. The second-order valence-electron chi connectivity index (χ2n) is 2.37. The largest absolute Gasteiger partial charge is 0.241 e. The molecule has 1 heterocycles. The summed E-state index contributed by atoms with van der Waals surface area (Å²) in [6, 6.07) is 3.69. The summed E-state index contributed by atoms with van der Waals surface area (Å²) in [6.45, 7) is 1.92. The molecule has 1 aromatic heterocycles. The SMILES string of the molecule is Cc1nc(Cl)ccc1C=CCCl. The van der Waals surface area contributed by atoms with E-state index in [1.54, 1.807) is 6.07 Å². The van der Waals surface area contributed by atoms with E-state index < -0.39 is 0 Å². The van der Waals surface area contributed by atoms with Crippen LogP contribution in [-0.2, 0) is 0 Å². The molecule has 64 valence electrons. The number of allylic oxidation sites excluding steroid dienone is 1. The highest BCUT2D eigenvalue weighted by atomic mass is 35.5. The third-order valence-corrected chi connectivity index (χ3v) is 1.87. The summed E-state index contributed by atoms with van der Waals surface area (Å²) in [4.78, 5) is 4.10. The van der Waals surface area contributed by atoms with Crippen molar-refractivity contribution >= 4 is 29.3 Å². The summed E-state index contributed by atoms with van der Waals surface area (Å²) in [5.41, 5.74) is 1.98.